The summed E-state index contributed by atoms with van der Waals surface area (Å²) in [6, 6.07) is 67.1. The topological polar surface area (TPSA) is 64.7 Å². The van der Waals surface area contributed by atoms with Gasteiger partial charge in [0.2, 0.25) is 5.89 Å². The molecule has 5 nitrogen and oxygen atoms in total. The van der Waals surface area contributed by atoms with E-state index in [0.717, 1.165) is 71.6 Å². The summed E-state index contributed by atoms with van der Waals surface area (Å²) in [6.07, 6.45) is 0. The monoisotopic (exact) mass is 728 g/mol. The van der Waals surface area contributed by atoms with Gasteiger partial charge in [-0.2, -0.15) is 0 Å². The molecule has 2 heterocycles. The van der Waals surface area contributed by atoms with E-state index in [2.05, 4.69) is 133 Å². The van der Waals surface area contributed by atoms with Gasteiger partial charge < -0.3 is 4.42 Å². The van der Waals surface area contributed by atoms with Gasteiger partial charge in [-0.1, -0.05) is 164 Å². The highest BCUT2D eigenvalue weighted by Gasteiger charge is 2.18. The SMILES string of the molecule is c1ccc(-c2nc(-c3ccc(-c4ccc5ccccc5c4)cc3)nc(-c3cccc(-c4ccc5c6ccccc6c6oc(-c7ccccc7)nc6c5c4)c3)n2)cc1. The predicted molar refractivity (Wildman–Crippen MR) is 233 cm³/mol. The predicted octanol–water partition coefficient (Wildman–Crippen LogP) is 13.5. The molecule has 0 bridgehead atoms. The Morgan fingerprint density at radius 1 is 0.281 bits per heavy atom. The molecule has 0 aliphatic carbocycles. The lowest BCUT2D eigenvalue weighted by Gasteiger charge is -2.11. The van der Waals surface area contributed by atoms with Crippen LogP contribution in [0.3, 0.4) is 0 Å². The lowest BCUT2D eigenvalue weighted by atomic mass is 9.95. The van der Waals surface area contributed by atoms with Gasteiger partial charge in [0.25, 0.3) is 0 Å². The molecular weight excluding hydrogens is 697 g/mol. The van der Waals surface area contributed by atoms with Crippen LogP contribution in [-0.4, -0.2) is 19.9 Å². The minimum atomic E-state index is 0.609. The zero-order valence-corrected chi connectivity index (χ0v) is 30.7. The Morgan fingerprint density at radius 3 is 1.56 bits per heavy atom. The van der Waals surface area contributed by atoms with Crippen molar-refractivity contribution in [1.82, 2.24) is 19.9 Å². The molecule has 0 saturated carbocycles. The van der Waals surface area contributed by atoms with Crippen molar-refractivity contribution in [3.8, 4) is 67.9 Å². The highest BCUT2D eigenvalue weighted by molar-refractivity contribution is 6.23. The third-order valence-corrected chi connectivity index (χ3v) is 10.7. The van der Waals surface area contributed by atoms with Crippen molar-refractivity contribution >= 4 is 43.4 Å². The molecule has 0 N–H and O–H groups in total. The molecule has 0 unspecified atom stereocenters. The molecule has 0 aliphatic rings. The summed E-state index contributed by atoms with van der Waals surface area (Å²) < 4.78 is 6.50. The summed E-state index contributed by atoms with van der Waals surface area (Å²) in [5.41, 5.74) is 9.75. The molecule has 11 rings (SSSR count). The first-order valence-electron chi connectivity index (χ1n) is 19.0. The first-order valence-corrected chi connectivity index (χ1v) is 19.0. The maximum absolute atomic E-state index is 6.50. The number of fused-ring (bicyclic) bond motifs is 7. The third-order valence-electron chi connectivity index (χ3n) is 10.7. The molecule has 0 fully saturated rings. The van der Waals surface area contributed by atoms with E-state index >= 15 is 0 Å². The van der Waals surface area contributed by atoms with Gasteiger partial charge in [-0.05, 0) is 74.1 Å². The van der Waals surface area contributed by atoms with E-state index in [0.29, 0.717) is 23.4 Å². The van der Waals surface area contributed by atoms with Crippen LogP contribution in [0.2, 0.25) is 0 Å². The normalized spacial score (nSPS) is 11.5. The molecule has 0 atom stereocenters. The Bertz CT molecular complexity index is 3280. The lowest BCUT2D eigenvalue weighted by Crippen LogP contribution is -2.00. The lowest BCUT2D eigenvalue weighted by molar-refractivity contribution is 0.623. The second kappa shape index (κ2) is 13.5. The van der Waals surface area contributed by atoms with Crippen LogP contribution in [0.25, 0.3) is 111 Å². The maximum atomic E-state index is 6.50. The third kappa shape index (κ3) is 5.90. The van der Waals surface area contributed by atoms with E-state index < -0.39 is 0 Å². The quantitative estimate of drug-likeness (QED) is 0.160. The minimum absolute atomic E-state index is 0.609. The van der Waals surface area contributed by atoms with Gasteiger partial charge >= 0.3 is 0 Å². The Balaban J connectivity index is 1.01. The zero-order valence-electron chi connectivity index (χ0n) is 30.7. The van der Waals surface area contributed by atoms with E-state index in [1.807, 2.05) is 60.7 Å². The molecule has 0 spiro atoms. The minimum Gasteiger partial charge on any atom is -0.435 e. The highest BCUT2D eigenvalue weighted by Crippen LogP contribution is 2.39. The second-order valence-electron chi connectivity index (χ2n) is 14.3. The summed E-state index contributed by atoms with van der Waals surface area (Å²) in [6.45, 7) is 0. The Morgan fingerprint density at radius 2 is 0.789 bits per heavy atom. The highest BCUT2D eigenvalue weighted by atomic mass is 16.3. The molecule has 0 amide bonds. The van der Waals surface area contributed by atoms with E-state index in [1.165, 1.54) is 16.3 Å². The van der Waals surface area contributed by atoms with E-state index in [4.69, 9.17) is 24.4 Å². The van der Waals surface area contributed by atoms with Crippen LogP contribution < -0.4 is 0 Å². The van der Waals surface area contributed by atoms with Crippen molar-refractivity contribution in [3.63, 3.8) is 0 Å². The number of oxazole rings is 1. The van der Waals surface area contributed by atoms with Crippen LogP contribution >= 0.6 is 0 Å². The summed E-state index contributed by atoms with van der Waals surface area (Å²) >= 11 is 0. The van der Waals surface area contributed by atoms with Crippen LogP contribution in [-0.2, 0) is 0 Å². The number of aromatic nitrogens is 4. The molecule has 2 aromatic heterocycles. The van der Waals surface area contributed by atoms with Crippen molar-refractivity contribution in [2.24, 2.45) is 0 Å². The molecular formula is C52H32N4O. The van der Waals surface area contributed by atoms with Crippen LogP contribution in [0, 0.1) is 0 Å². The number of hydrogen-bond acceptors (Lipinski definition) is 5. The molecule has 9 aromatic carbocycles. The Hall–Kier alpha value is -7.76. The summed E-state index contributed by atoms with van der Waals surface area (Å²) in [5.74, 6) is 2.46. The van der Waals surface area contributed by atoms with Gasteiger partial charge in [0.15, 0.2) is 23.1 Å². The first-order chi connectivity index (χ1) is 28.2. The largest absolute Gasteiger partial charge is 0.435 e. The number of rotatable bonds is 6. The first kappa shape index (κ1) is 32.7. The van der Waals surface area contributed by atoms with Gasteiger partial charge in [-0.25, -0.2) is 19.9 Å². The van der Waals surface area contributed by atoms with Crippen LogP contribution in [0.4, 0.5) is 0 Å². The fourth-order valence-electron chi connectivity index (χ4n) is 7.83. The summed E-state index contributed by atoms with van der Waals surface area (Å²) in [4.78, 5) is 20.2. The smallest absolute Gasteiger partial charge is 0.227 e. The van der Waals surface area contributed by atoms with Crippen LogP contribution in [0.15, 0.2) is 199 Å². The van der Waals surface area contributed by atoms with Gasteiger partial charge in [0.05, 0.1) is 0 Å². The Kier molecular flexibility index (Phi) is 7.74. The molecule has 5 heteroatoms. The molecule has 11 aromatic rings. The fraction of sp³-hybridized carbons (Fsp3) is 0. The summed E-state index contributed by atoms with van der Waals surface area (Å²) in [5, 5.41) is 6.80. The average Bonchev–Trinajstić information content (AvgIpc) is 3.76. The van der Waals surface area contributed by atoms with Crippen molar-refractivity contribution in [2.75, 3.05) is 0 Å². The fourth-order valence-corrected chi connectivity index (χ4v) is 7.83. The van der Waals surface area contributed by atoms with Gasteiger partial charge in [-0.15, -0.1) is 0 Å². The number of hydrogen-bond donors (Lipinski definition) is 0. The standard InChI is InChI=1S/C52H32N4O/c1-3-13-35(14-4-1)49-54-50(36-25-22-34(23-26-36)40-27-24-33-12-7-8-17-38(33)30-40)56-51(55-49)42-19-11-18-39(31-42)41-28-29-44-43-20-9-10-21-45(43)48-47(46(44)32-41)53-52(57-48)37-15-5-2-6-16-37/h1-32H. The Labute approximate surface area is 328 Å². The molecule has 57 heavy (non-hydrogen) atoms. The number of nitrogens with zero attached hydrogens (tertiary/aromatic N) is 4. The summed E-state index contributed by atoms with van der Waals surface area (Å²) in [7, 11) is 0. The zero-order chi connectivity index (χ0) is 37.7. The average molecular weight is 729 g/mol. The molecule has 0 saturated heterocycles. The van der Waals surface area contributed by atoms with Crippen LogP contribution in [0.1, 0.15) is 0 Å². The number of benzene rings is 9. The van der Waals surface area contributed by atoms with Crippen molar-refractivity contribution in [1.29, 1.82) is 0 Å². The molecule has 0 radical (unpaired) electrons. The van der Waals surface area contributed by atoms with Gasteiger partial charge in [0.1, 0.15) is 5.52 Å². The van der Waals surface area contributed by atoms with Crippen molar-refractivity contribution < 1.29 is 4.42 Å². The van der Waals surface area contributed by atoms with Gasteiger partial charge in [0, 0.05) is 33.0 Å². The maximum Gasteiger partial charge on any atom is 0.227 e. The van der Waals surface area contributed by atoms with Crippen molar-refractivity contribution in [2.45, 2.75) is 0 Å². The van der Waals surface area contributed by atoms with Gasteiger partial charge in [-0.3, -0.25) is 0 Å². The van der Waals surface area contributed by atoms with Crippen LogP contribution in [0.5, 0.6) is 0 Å². The van der Waals surface area contributed by atoms with Crippen molar-refractivity contribution in [3.05, 3.63) is 194 Å². The van der Waals surface area contributed by atoms with E-state index in [9.17, 15) is 0 Å². The van der Waals surface area contributed by atoms with E-state index in [-0.39, 0.29) is 0 Å². The second-order valence-corrected chi connectivity index (χ2v) is 14.3. The van der Waals surface area contributed by atoms with E-state index in [1.54, 1.807) is 0 Å². The molecule has 0 aliphatic heterocycles. The molecule has 266 valence electrons.